The Hall–Kier alpha value is -0.910. The topological polar surface area (TPSA) is 23.8 Å². The van der Waals surface area contributed by atoms with Crippen LogP contribution in [0.5, 0.6) is 0 Å². The molecule has 0 amide bonds. The minimum Gasteiger partial charge on any atom is -0.192 e. The molecule has 0 radical (unpaired) electrons. The van der Waals surface area contributed by atoms with Crippen LogP contribution in [0.2, 0.25) is 20.1 Å². The van der Waals surface area contributed by atoms with Gasteiger partial charge in [-0.1, -0.05) is 52.5 Å². The summed E-state index contributed by atoms with van der Waals surface area (Å²) in [6.07, 6.45) is 0. The van der Waals surface area contributed by atoms with E-state index in [0.717, 1.165) is 0 Å². The van der Waals surface area contributed by atoms with Gasteiger partial charge in [0.15, 0.2) is 0 Å². The van der Waals surface area contributed by atoms with E-state index in [1.54, 1.807) is 30.3 Å². The SMILES string of the molecule is N#Cc1ccc(Cl)cc1-c1ccc(Cl)c(Cl)c1Cl. The van der Waals surface area contributed by atoms with Gasteiger partial charge in [-0.2, -0.15) is 5.26 Å². The number of hydrogen-bond donors (Lipinski definition) is 0. The third kappa shape index (κ3) is 2.43. The molecule has 0 aliphatic carbocycles. The lowest BCUT2D eigenvalue weighted by atomic mass is 10.0. The number of rotatable bonds is 1. The van der Waals surface area contributed by atoms with Gasteiger partial charge in [0.1, 0.15) is 0 Å². The number of halogens is 4. The molecule has 0 saturated carbocycles. The Labute approximate surface area is 124 Å². The van der Waals surface area contributed by atoms with E-state index in [1.165, 1.54) is 0 Å². The van der Waals surface area contributed by atoms with Crippen LogP contribution in [0.15, 0.2) is 30.3 Å². The Kier molecular flexibility index (Phi) is 4.04. The van der Waals surface area contributed by atoms with Crippen LogP contribution in [0.1, 0.15) is 5.56 Å². The number of benzene rings is 2. The fraction of sp³-hybridized carbons (Fsp3) is 0. The minimum absolute atomic E-state index is 0.264. The summed E-state index contributed by atoms with van der Waals surface area (Å²) in [6, 6.07) is 10.4. The van der Waals surface area contributed by atoms with Crippen LogP contribution in [0, 0.1) is 11.3 Å². The molecule has 1 nitrogen and oxygen atoms in total. The van der Waals surface area contributed by atoms with E-state index >= 15 is 0 Å². The van der Waals surface area contributed by atoms with Crippen LogP contribution in [-0.4, -0.2) is 0 Å². The molecule has 90 valence electrons. The molecule has 0 aromatic heterocycles. The molecule has 0 fully saturated rings. The molecule has 0 bridgehead atoms. The number of hydrogen-bond acceptors (Lipinski definition) is 1. The molecule has 0 aliphatic rings. The molecule has 2 aromatic carbocycles. The normalized spacial score (nSPS) is 10.2. The average Bonchev–Trinajstić information content (AvgIpc) is 2.36. The van der Waals surface area contributed by atoms with E-state index < -0.39 is 0 Å². The molecule has 5 heteroatoms. The summed E-state index contributed by atoms with van der Waals surface area (Å²) in [5, 5.41) is 10.5. The standard InChI is InChI=1S/C13H5Cl4N/c14-8-2-1-7(6-18)10(5-8)9-3-4-11(15)13(17)12(9)16/h1-5H. The predicted octanol–water partition coefficient (Wildman–Crippen LogP) is 5.84. The van der Waals surface area contributed by atoms with Gasteiger partial charge in [0.25, 0.3) is 0 Å². The first-order valence-corrected chi connectivity index (χ1v) is 6.39. The molecule has 2 rings (SSSR count). The van der Waals surface area contributed by atoms with E-state index in [-0.39, 0.29) is 5.02 Å². The first kappa shape index (κ1) is 13.5. The Balaban J connectivity index is 2.74. The fourth-order valence-corrected chi connectivity index (χ4v) is 2.38. The van der Waals surface area contributed by atoms with Crippen LogP contribution < -0.4 is 0 Å². The van der Waals surface area contributed by atoms with Crippen molar-refractivity contribution in [1.82, 2.24) is 0 Å². The van der Waals surface area contributed by atoms with Gasteiger partial charge >= 0.3 is 0 Å². The lowest BCUT2D eigenvalue weighted by Crippen LogP contribution is -1.87. The van der Waals surface area contributed by atoms with Crippen molar-refractivity contribution in [1.29, 1.82) is 5.26 Å². The maximum Gasteiger partial charge on any atom is 0.0998 e. The van der Waals surface area contributed by atoms with E-state index in [9.17, 15) is 0 Å². The third-order valence-electron chi connectivity index (χ3n) is 2.43. The third-order valence-corrected chi connectivity index (χ3v) is 3.96. The van der Waals surface area contributed by atoms with E-state index in [0.29, 0.717) is 31.8 Å². The second kappa shape index (κ2) is 5.38. The minimum atomic E-state index is 0.264. The lowest BCUT2D eigenvalue weighted by molar-refractivity contribution is 1.48. The van der Waals surface area contributed by atoms with E-state index in [1.807, 2.05) is 0 Å². The first-order chi connectivity index (χ1) is 8.54. The highest BCUT2D eigenvalue weighted by molar-refractivity contribution is 6.49. The highest BCUT2D eigenvalue weighted by Crippen LogP contribution is 2.39. The maximum absolute atomic E-state index is 9.09. The van der Waals surface area contributed by atoms with Gasteiger partial charge in [-0.05, 0) is 24.3 Å². The fourth-order valence-electron chi connectivity index (χ4n) is 1.57. The van der Waals surface area contributed by atoms with Crippen LogP contribution in [-0.2, 0) is 0 Å². The van der Waals surface area contributed by atoms with E-state index in [2.05, 4.69) is 6.07 Å². The van der Waals surface area contributed by atoms with Crippen molar-refractivity contribution in [3.8, 4) is 17.2 Å². The second-order valence-corrected chi connectivity index (χ2v) is 5.12. The van der Waals surface area contributed by atoms with Crippen LogP contribution in [0.4, 0.5) is 0 Å². The Bertz CT molecular complexity index is 659. The summed E-state index contributed by atoms with van der Waals surface area (Å²) in [4.78, 5) is 0. The molecule has 0 N–H and O–H groups in total. The van der Waals surface area contributed by atoms with Gasteiger partial charge in [0, 0.05) is 16.1 Å². The van der Waals surface area contributed by atoms with Crippen molar-refractivity contribution in [3.05, 3.63) is 56.0 Å². The Morgan fingerprint density at radius 2 is 1.56 bits per heavy atom. The smallest absolute Gasteiger partial charge is 0.0998 e. The predicted molar refractivity (Wildman–Crippen MR) is 76.6 cm³/mol. The van der Waals surface area contributed by atoms with Crippen molar-refractivity contribution in [3.63, 3.8) is 0 Å². The summed E-state index contributed by atoms with van der Waals surface area (Å²) in [5.41, 5.74) is 1.73. The molecule has 2 aromatic rings. The zero-order valence-electron chi connectivity index (χ0n) is 8.85. The lowest BCUT2D eigenvalue weighted by Gasteiger charge is -2.09. The summed E-state index contributed by atoms with van der Waals surface area (Å²) < 4.78 is 0. The van der Waals surface area contributed by atoms with Crippen molar-refractivity contribution in [2.75, 3.05) is 0 Å². The number of nitriles is 1. The van der Waals surface area contributed by atoms with Gasteiger partial charge in [-0.25, -0.2) is 0 Å². The quantitative estimate of drug-likeness (QED) is 0.606. The second-order valence-electron chi connectivity index (χ2n) is 3.52. The zero-order chi connectivity index (χ0) is 13.3. The van der Waals surface area contributed by atoms with Crippen LogP contribution in [0.25, 0.3) is 11.1 Å². The van der Waals surface area contributed by atoms with Crippen LogP contribution in [0.3, 0.4) is 0 Å². The summed E-state index contributed by atoms with van der Waals surface area (Å²) in [6.45, 7) is 0. The van der Waals surface area contributed by atoms with Crippen molar-refractivity contribution >= 4 is 46.4 Å². The first-order valence-electron chi connectivity index (χ1n) is 4.88. The monoisotopic (exact) mass is 315 g/mol. The molecule has 0 atom stereocenters. The average molecular weight is 317 g/mol. The van der Waals surface area contributed by atoms with Crippen LogP contribution >= 0.6 is 46.4 Å². The molecule has 18 heavy (non-hydrogen) atoms. The maximum atomic E-state index is 9.09. The summed E-state index contributed by atoms with van der Waals surface area (Å²) >= 11 is 23.9. The largest absolute Gasteiger partial charge is 0.192 e. The van der Waals surface area contributed by atoms with Gasteiger partial charge in [0.2, 0.25) is 0 Å². The molecule has 0 unspecified atom stereocenters. The van der Waals surface area contributed by atoms with Crippen molar-refractivity contribution in [2.45, 2.75) is 0 Å². The van der Waals surface area contributed by atoms with E-state index in [4.69, 9.17) is 51.7 Å². The highest BCUT2D eigenvalue weighted by Gasteiger charge is 2.13. The molecule has 0 heterocycles. The summed E-state index contributed by atoms with van der Waals surface area (Å²) in [7, 11) is 0. The van der Waals surface area contributed by atoms with Gasteiger partial charge in [0.05, 0.1) is 26.7 Å². The zero-order valence-corrected chi connectivity index (χ0v) is 11.9. The summed E-state index contributed by atoms with van der Waals surface area (Å²) in [5.74, 6) is 0. The number of nitrogens with zero attached hydrogens (tertiary/aromatic N) is 1. The molecule has 0 spiro atoms. The molecular weight excluding hydrogens is 312 g/mol. The highest BCUT2D eigenvalue weighted by atomic mass is 35.5. The van der Waals surface area contributed by atoms with Crippen molar-refractivity contribution in [2.24, 2.45) is 0 Å². The Morgan fingerprint density at radius 1 is 0.833 bits per heavy atom. The van der Waals surface area contributed by atoms with Crippen molar-refractivity contribution < 1.29 is 0 Å². The molecular formula is C13H5Cl4N. The van der Waals surface area contributed by atoms with Gasteiger partial charge < -0.3 is 0 Å². The van der Waals surface area contributed by atoms with Gasteiger partial charge in [-0.15, -0.1) is 0 Å². The molecule has 0 aliphatic heterocycles. The van der Waals surface area contributed by atoms with Gasteiger partial charge in [-0.3, -0.25) is 0 Å². The molecule has 0 saturated heterocycles. The Morgan fingerprint density at radius 3 is 2.22 bits per heavy atom.